The quantitative estimate of drug-likeness (QED) is 0.298. The zero-order valence-electron chi connectivity index (χ0n) is 10.0. The van der Waals surface area contributed by atoms with Crippen molar-refractivity contribution in [2.75, 3.05) is 19.6 Å². The van der Waals surface area contributed by atoms with Crippen molar-refractivity contribution >= 4 is 18.0 Å². The van der Waals surface area contributed by atoms with Gasteiger partial charge in [-0.25, -0.2) is 9.59 Å². The first-order chi connectivity index (χ1) is 8.23. The lowest BCUT2D eigenvalue weighted by Gasteiger charge is -2.21. The third kappa shape index (κ3) is 9.21. The fraction of sp³-hybridized carbons (Fsp3) is 0.667. The summed E-state index contributed by atoms with van der Waals surface area (Å²) in [6.07, 6.45) is -0.476. The van der Waals surface area contributed by atoms with Gasteiger partial charge in [0.15, 0.2) is 0 Å². The van der Waals surface area contributed by atoms with Crippen molar-refractivity contribution < 1.29 is 24.6 Å². The summed E-state index contributed by atoms with van der Waals surface area (Å²) in [5.41, 5.74) is 3.29. The van der Waals surface area contributed by atoms with Crippen LogP contribution in [-0.2, 0) is 4.79 Å². The maximum Gasteiger partial charge on any atom is 0.314 e. The number of rotatable bonds is 7. The van der Waals surface area contributed by atoms with Crippen LogP contribution in [0.15, 0.2) is 0 Å². The van der Waals surface area contributed by atoms with Crippen LogP contribution < -0.4 is 21.7 Å². The summed E-state index contributed by atoms with van der Waals surface area (Å²) in [5.74, 6) is -1.16. The van der Waals surface area contributed by atoms with E-state index in [1.807, 2.05) is 0 Å². The topological polar surface area (TPSA) is 154 Å². The minimum Gasteiger partial charge on any atom is -0.481 e. The highest BCUT2D eigenvalue weighted by atomic mass is 16.4. The number of aliphatic carboxylic acids is 1. The van der Waals surface area contributed by atoms with Gasteiger partial charge in [0.1, 0.15) is 0 Å². The molecule has 0 bridgehead atoms. The predicted molar refractivity (Wildman–Crippen MR) is 61.9 cm³/mol. The second-order valence-electron chi connectivity index (χ2n) is 3.97. The van der Waals surface area contributed by atoms with E-state index in [-0.39, 0.29) is 19.6 Å². The van der Waals surface area contributed by atoms with Crippen molar-refractivity contribution in [2.24, 2.45) is 5.73 Å². The van der Waals surface area contributed by atoms with Crippen LogP contribution in [0, 0.1) is 0 Å². The Morgan fingerprint density at radius 1 is 1.17 bits per heavy atom. The molecule has 0 fully saturated rings. The average molecular weight is 262 g/mol. The third-order valence-corrected chi connectivity index (χ3v) is 1.87. The number of urea groups is 2. The number of carbonyl (C=O) groups is 3. The van der Waals surface area contributed by atoms with E-state index in [2.05, 4.69) is 16.0 Å². The van der Waals surface area contributed by atoms with Crippen LogP contribution in [0.3, 0.4) is 0 Å². The molecule has 9 heteroatoms. The fourth-order valence-corrected chi connectivity index (χ4v) is 1.08. The summed E-state index contributed by atoms with van der Waals surface area (Å²) < 4.78 is 0. The van der Waals surface area contributed by atoms with Crippen LogP contribution in [0.1, 0.15) is 13.3 Å². The number of amides is 4. The SMILES string of the molecule is CC(O)(CNC(=O)NCCNC(N)=O)CC(=O)O. The van der Waals surface area contributed by atoms with Gasteiger partial charge in [-0.15, -0.1) is 0 Å². The van der Waals surface area contributed by atoms with E-state index in [1.54, 1.807) is 0 Å². The molecular formula is C9H18N4O5. The highest BCUT2D eigenvalue weighted by molar-refractivity contribution is 5.74. The van der Waals surface area contributed by atoms with Crippen molar-refractivity contribution in [3.63, 3.8) is 0 Å². The number of hydrogen-bond donors (Lipinski definition) is 6. The highest BCUT2D eigenvalue weighted by Gasteiger charge is 2.24. The van der Waals surface area contributed by atoms with Gasteiger partial charge in [-0.3, -0.25) is 4.79 Å². The van der Waals surface area contributed by atoms with Crippen LogP contribution in [-0.4, -0.2) is 53.5 Å². The predicted octanol–water partition coefficient (Wildman–Crippen LogP) is -1.82. The first-order valence-corrected chi connectivity index (χ1v) is 5.22. The molecule has 0 rings (SSSR count). The van der Waals surface area contributed by atoms with Crippen LogP contribution in [0.4, 0.5) is 9.59 Å². The molecule has 0 aromatic carbocycles. The van der Waals surface area contributed by atoms with Gasteiger partial charge < -0.3 is 31.9 Å². The summed E-state index contributed by atoms with van der Waals surface area (Å²) in [6.45, 7) is 1.44. The first-order valence-electron chi connectivity index (χ1n) is 5.22. The second-order valence-corrected chi connectivity index (χ2v) is 3.97. The maximum absolute atomic E-state index is 11.2. The first kappa shape index (κ1) is 16.0. The van der Waals surface area contributed by atoms with Crippen LogP contribution >= 0.6 is 0 Å². The zero-order chi connectivity index (χ0) is 14.2. The molecule has 0 aliphatic carbocycles. The van der Waals surface area contributed by atoms with Gasteiger partial charge in [0.2, 0.25) is 0 Å². The van der Waals surface area contributed by atoms with Gasteiger partial charge in [-0.1, -0.05) is 0 Å². The highest BCUT2D eigenvalue weighted by Crippen LogP contribution is 2.06. The summed E-state index contributed by atoms with van der Waals surface area (Å²) in [7, 11) is 0. The Morgan fingerprint density at radius 2 is 1.72 bits per heavy atom. The average Bonchev–Trinajstić information content (AvgIpc) is 2.19. The van der Waals surface area contributed by atoms with Gasteiger partial charge in [0.25, 0.3) is 0 Å². The zero-order valence-corrected chi connectivity index (χ0v) is 10.0. The monoisotopic (exact) mass is 262 g/mol. The van der Waals surface area contributed by atoms with Gasteiger partial charge in [-0.05, 0) is 6.92 Å². The standard InChI is InChI=1S/C9H18N4O5/c1-9(18,4-6(14)15)5-13-8(17)12-3-2-11-7(10)16/h18H,2-5H2,1H3,(H,14,15)(H3,10,11,16)(H2,12,13,17). The van der Waals surface area contributed by atoms with Crippen molar-refractivity contribution in [1.82, 2.24) is 16.0 Å². The number of carboxylic acid groups (broad SMARTS) is 1. The minimum atomic E-state index is -1.52. The van der Waals surface area contributed by atoms with Crippen molar-refractivity contribution in [3.8, 4) is 0 Å². The van der Waals surface area contributed by atoms with Crippen LogP contribution in [0.5, 0.6) is 0 Å². The third-order valence-electron chi connectivity index (χ3n) is 1.87. The van der Waals surface area contributed by atoms with Gasteiger partial charge in [0, 0.05) is 19.6 Å². The molecular weight excluding hydrogens is 244 g/mol. The molecule has 0 saturated heterocycles. The van der Waals surface area contributed by atoms with Crippen molar-refractivity contribution in [2.45, 2.75) is 18.9 Å². The van der Waals surface area contributed by atoms with E-state index in [0.717, 1.165) is 0 Å². The Bertz CT molecular complexity index is 318. The lowest BCUT2D eigenvalue weighted by molar-refractivity contribution is -0.141. The number of carbonyl (C=O) groups excluding carboxylic acids is 2. The smallest absolute Gasteiger partial charge is 0.314 e. The molecule has 0 aromatic heterocycles. The molecule has 0 heterocycles. The molecule has 0 radical (unpaired) electrons. The number of hydrogen-bond acceptors (Lipinski definition) is 4. The molecule has 0 aliphatic rings. The molecule has 18 heavy (non-hydrogen) atoms. The Labute approximate surface area is 104 Å². The van der Waals surface area contributed by atoms with Crippen LogP contribution in [0.2, 0.25) is 0 Å². The number of primary amides is 1. The molecule has 0 aromatic rings. The van der Waals surface area contributed by atoms with E-state index in [0.29, 0.717) is 0 Å². The Balaban J connectivity index is 3.76. The molecule has 104 valence electrons. The lowest BCUT2D eigenvalue weighted by atomic mass is 10.0. The number of aliphatic hydroxyl groups is 1. The Hall–Kier alpha value is -2.03. The number of nitrogens with two attached hydrogens (primary N) is 1. The fourth-order valence-electron chi connectivity index (χ4n) is 1.08. The summed E-state index contributed by atoms with van der Waals surface area (Å²) in [5, 5.41) is 25.0. The Kier molecular flexibility index (Phi) is 6.50. The van der Waals surface area contributed by atoms with Crippen molar-refractivity contribution in [3.05, 3.63) is 0 Å². The Morgan fingerprint density at radius 3 is 2.22 bits per heavy atom. The van der Waals surface area contributed by atoms with Crippen LogP contribution in [0.25, 0.3) is 0 Å². The lowest BCUT2D eigenvalue weighted by Crippen LogP contribution is -2.47. The molecule has 4 amide bonds. The maximum atomic E-state index is 11.2. The largest absolute Gasteiger partial charge is 0.481 e. The summed E-state index contributed by atoms with van der Waals surface area (Å²) >= 11 is 0. The molecule has 7 N–H and O–H groups in total. The van der Waals surface area contributed by atoms with Gasteiger partial charge >= 0.3 is 18.0 Å². The minimum absolute atomic E-state index is 0.163. The van der Waals surface area contributed by atoms with E-state index < -0.39 is 30.1 Å². The molecule has 1 atom stereocenters. The summed E-state index contributed by atoms with van der Waals surface area (Å²) in [6, 6.07) is -1.27. The van der Waals surface area contributed by atoms with E-state index in [4.69, 9.17) is 10.8 Å². The van der Waals surface area contributed by atoms with Crippen molar-refractivity contribution in [1.29, 1.82) is 0 Å². The normalized spacial score (nSPS) is 13.2. The van der Waals surface area contributed by atoms with E-state index in [1.165, 1.54) is 6.92 Å². The molecule has 0 spiro atoms. The van der Waals surface area contributed by atoms with Gasteiger partial charge in [-0.2, -0.15) is 0 Å². The van der Waals surface area contributed by atoms with Gasteiger partial charge in [0.05, 0.1) is 12.0 Å². The van der Waals surface area contributed by atoms with E-state index >= 15 is 0 Å². The summed E-state index contributed by atoms with van der Waals surface area (Å²) in [4.78, 5) is 31.9. The molecule has 0 aliphatic heterocycles. The number of nitrogens with one attached hydrogen (secondary N) is 3. The molecule has 9 nitrogen and oxygen atoms in total. The molecule has 1 unspecified atom stereocenters. The molecule has 0 saturated carbocycles. The number of carboxylic acids is 1. The van der Waals surface area contributed by atoms with E-state index in [9.17, 15) is 19.5 Å². The second kappa shape index (κ2) is 7.33.